The summed E-state index contributed by atoms with van der Waals surface area (Å²) in [5, 5.41) is 0.0780. The molecule has 2 aromatic rings. The van der Waals surface area contributed by atoms with Crippen molar-refractivity contribution >= 4 is 29.2 Å². The van der Waals surface area contributed by atoms with E-state index >= 15 is 0 Å². The Morgan fingerprint density at radius 1 is 1.14 bits per heavy atom. The lowest BCUT2D eigenvalue weighted by molar-refractivity contribution is -0.137. The molecule has 1 N–H and O–H groups in total. The van der Waals surface area contributed by atoms with Crippen molar-refractivity contribution in [2.45, 2.75) is 31.3 Å². The Morgan fingerprint density at radius 3 is 2.41 bits per heavy atom. The van der Waals surface area contributed by atoms with Crippen LogP contribution >= 0.6 is 23.5 Å². The van der Waals surface area contributed by atoms with Gasteiger partial charge in [-0.1, -0.05) is 24.6 Å². The van der Waals surface area contributed by atoms with Crippen LogP contribution in [-0.4, -0.2) is 0 Å². The van der Waals surface area contributed by atoms with Crippen LogP contribution < -0.4 is 4.72 Å². The van der Waals surface area contributed by atoms with Crippen LogP contribution in [0.1, 0.15) is 23.6 Å². The van der Waals surface area contributed by atoms with E-state index < -0.39 is 11.7 Å². The standard InChI is InChI=1S/C16H15ClF3NS/c1-3-11-4-6-13(8-10(11)2)21-22-15-7-5-12(9-14(15)17)16(18,19)20/h4-9,21H,3H2,1-2H3. The van der Waals surface area contributed by atoms with Crippen LogP contribution in [-0.2, 0) is 12.6 Å². The van der Waals surface area contributed by atoms with E-state index in [1.807, 2.05) is 25.1 Å². The van der Waals surface area contributed by atoms with Crippen LogP contribution in [0.4, 0.5) is 18.9 Å². The van der Waals surface area contributed by atoms with Gasteiger partial charge in [-0.3, -0.25) is 0 Å². The van der Waals surface area contributed by atoms with E-state index in [1.165, 1.54) is 29.1 Å². The highest BCUT2D eigenvalue weighted by Gasteiger charge is 2.30. The second kappa shape index (κ2) is 6.84. The molecule has 2 rings (SSSR count). The van der Waals surface area contributed by atoms with Gasteiger partial charge in [0, 0.05) is 10.6 Å². The van der Waals surface area contributed by atoms with Gasteiger partial charge in [0.2, 0.25) is 0 Å². The number of alkyl halides is 3. The van der Waals surface area contributed by atoms with E-state index in [0.717, 1.165) is 24.2 Å². The van der Waals surface area contributed by atoms with Gasteiger partial charge in [0.15, 0.2) is 0 Å². The average molecular weight is 346 g/mol. The van der Waals surface area contributed by atoms with Gasteiger partial charge in [0.05, 0.1) is 10.6 Å². The smallest absolute Gasteiger partial charge is 0.326 e. The van der Waals surface area contributed by atoms with Gasteiger partial charge in [-0.15, -0.1) is 0 Å². The highest BCUT2D eigenvalue weighted by molar-refractivity contribution is 8.00. The van der Waals surface area contributed by atoms with Crippen molar-refractivity contribution in [3.05, 3.63) is 58.1 Å². The first-order chi connectivity index (χ1) is 10.3. The van der Waals surface area contributed by atoms with Crippen LogP contribution in [0.3, 0.4) is 0 Å². The molecular formula is C16H15ClF3NS. The van der Waals surface area contributed by atoms with Crippen molar-refractivity contribution in [1.82, 2.24) is 0 Å². The van der Waals surface area contributed by atoms with Crippen LogP contribution in [0, 0.1) is 6.92 Å². The Balaban J connectivity index is 2.10. The summed E-state index contributed by atoms with van der Waals surface area (Å²) in [4.78, 5) is 0.548. The van der Waals surface area contributed by atoms with Crippen molar-refractivity contribution in [3.63, 3.8) is 0 Å². The van der Waals surface area contributed by atoms with Gasteiger partial charge in [-0.25, -0.2) is 0 Å². The number of halogens is 4. The molecule has 0 atom stereocenters. The first-order valence-electron chi connectivity index (χ1n) is 6.70. The zero-order valence-corrected chi connectivity index (χ0v) is 13.7. The van der Waals surface area contributed by atoms with Crippen molar-refractivity contribution in [1.29, 1.82) is 0 Å². The Labute approximate surface area is 137 Å². The summed E-state index contributed by atoms with van der Waals surface area (Å²) < 4.78 is 40.9. The maximum Gasteiger partial charge on any atom is 0.416 e. The third kappa shape index (κ3) is 4.11. The highest BCUT2D eigenvalue weighted by Crippen LogP contribution is 2.35. The molecule has 0 saturated heterocycles. The highest BCUT2D eigenvalue weighted by atomic mass is 35.5. The molecule has 2 aromatic carbocycles. The fraction of sp³-hybridized carbons (Fsp3) is 0.250. The second-order valence-electron chi connectivity index (χ2n) is 4.84. The van der Waals surface area contributed by atoms with E-state index in [2.05, 4.69) is 11.6 Å². The first kappa shape index (κ1) is 17.0. The summed E-state index contributed by atoms with van der Waals surface area (Å²) in [7, 11) is 0. The largest absolute Gasteiger partial charge is 0.416 e. The molecule has 0 aliphatic heterocycles. The molecule has 22 heavy (non-hydrogen) atoms. The van der Waals surface area contributed by atoms with Crippen molar-refractivity contribution in [2.75, 3.05) is 4.72 Å². The minimum Gasteiger partial charge on any atom is -0.326 e. The summed E-state index contributed by atoms with van der Waals surface area (Å²) in [5.41, 5.74) is 2.58. The van der Waals surface area contributed by atoms with E-state index in [-0.39, 0.29) is 5.02 Å². The lowest BCUT2D eigenvalue weighted by Crippen LogP contribution is -2.04. The third-order valence-corrected chi connectivity index (χ3v) is 4.60. The molecule has 0 heterocycles. The number of hydrogen-bond acceptors (Lipinski definition) is 2. The molecule has 0 aromatic heterocycles. The minimum absolute atomic E-state index is 0.0780. The molecule has 118 valence electrons. The normalized spacial score (nSPS) is 11.5. The van der Waals surface area contributed by atoms with Gasteiger partial charge in [-0.05, 0) is 66.8 Å². The Hall–Kier alpha value is -1.33. The molecular weight excluding hydrogens is 331 g/mol. The third-order valence-electron chi connectivity index (χ3n) is 3.26. The lowest BCUT2D eigenvalue weighted by atomic mass is 10.1. The number of hydrogen-bond donors (Lipinski definition) is 1. The SMILES string of the molecule is CCc1ccc(NSc2ccc(C(F)(F)F)cc2Cl)cc1C. The average Bonchev–Trinajstić information content (AvgIpc) is 2.45. The van der Waals surface area contributed by atoms with Crippen molar-refractivity contribution in [2.24, 2.45) is 0 Å². The maximum absolute atomic E-state index is 12.6. The van der Waals surface area contributed by atoms with Crippen molar-refractivity contribution in [3.8, 4) is 0 Å². The van der Waals surface area contributed by atoms with E-state index in [9.17, 15) is 13.2 Å². The van der Waals surface area contributed by atoms with Gasteiger partial charge in [-0.2, -0.15) is 13.2 Å². The lowest BCUT2D eigenvalue weighted by Gasteiger charge is -2.11. The van der Waals surface area contributed by atoms with Gasteiger partial charge in [0.1, 0.15) is 0 Å². The molecule has 0 radical (unpaired) electrons. The summed E-state index contributed by atoms with van der Waals surface area (Å²) in [6, 6.07) is 9.32. The fourth-order valence-electron chi connectivity index (χ4n) is 2.03. The van der Waals surface area contributed by atoms with Gasteiger partial charge >= 0.3 is 6.18 Å². The van der Waals surface area contributed by atoms with Crippen LogP contribution in [0.25, 0.3) is 0 Å². The number of nitrogens with one attached hydrogen (secondary N) is 1. The number of anilines is 1. The Morgan fingerprint density at radius 2 is 1.86 bits per heavy atom. The molecule has 0 aliphatic carbocycles. The van der Waals surface area contributed by atoms with E-state index in [0.29, 0.717) is 4.90 Å². The molecule has 0 fully saturated rings. The summed E-state index contributed by atoms with van der Waals surface area (Å²) in [6.07, 6.45) is -3.42. The molecule has 0 aliphatic rings. The number of benzene rings is 2. The number of rotatable bonds is 4. The van der Waals surface area contributed by atoms with Gasteiger partial charge in [0.25, 0.3) is 0 Å². The van der Waals surface area contributed by atoms with Crippen LogP contribution in [0.15, 0.2) is 41.3 Å². The fourth-order valence-corrected chi connectivity index (χ4v) is 2.97. The molecule has 6 heteroatoms. The van der Waals surface area contributed by atoms with Crippen LogP contribution in [0.5, 0.6) is 0 Å². The predicted octanol–water partition coefficient (Wildman–Crippen LogP) is 6.35. The Bertz CT molecular complexity index is 671. The molecule has 0 unspecified atom stereocenters. The summed E-state index contributed by atoms with van der Waals surface area (Å²) >= 11 is 7.11. The predicted molar refractivity (Wildman–Crippen MR) is 86.5 cm³/mol. The monoisotopic (exact) mass is 345 g/mol. The van der Waals surface area contributed by atoms with Crippen molar-refractivity contribution < 1.29 is 13.2 Å². The number of aryl methyl sites for hydroxylation is 2. The quantitative estimate of drug-likeness (QED) is 0.648. The topological polar surface area (TPSA) is 12.0 Å². The maximum atomic E-state index is 12.6. The summed E-state index contributed by atoms with van der Waals surface area (Å²) in [6.45, 7) is 4.12. The zero-order chi connectivity index (χ0) is 16.3. The van der Waals surface area contributed by atoms with Crippen LogP contribution in [0.2, 0.25) is 5.02 Å². The Kier molecular flexibility index (Phi) is 5.29. The minimum atomic E-state index is -4.38. The molecule has 1 nitrogen and oxygen atoms in total. The molecule has 0 amide bonds. The molecule has 0 saturated carbocycles. The molecule has 0 spiro atoms. The molecule has 0 bridgehead atoms. The van der Waals surface area contributed by atoms with E-state index in [1.54, 1.807) is 0 Å². The van der Waals surface area contributed by atoms with Gasteiger partial charge < -0.3 is 4.72 Å². The van der Waals surface area contributed by atoms with E-state index in [4.69, 9.17) is 11.6 Å². The second-order valence-corrected chi connectivity index (χ2v) is 6.10. The zero-order valence-electron chi connectivity index (χ0n) is 12.1. The first-order valence-corrected chi connectivity index (χ1v) is 7.90. The summed E-state index contributed by atoms with van der Waals surface area (Å²) in [5.74, 6) is 0.